The minimum absolute atomic E-state index is 0.587. The maximum absolute atomic E-state index is 2.47. The summed E-state index contributed by atoms with van der Waals surface area (Å²) in [6.45, 7) is 0. The highest BCUT2D eigenvalue weighted by atomic mass is 15.1. The summed E-state index contributed by atoms with van der Waals surface area (Å²) in [6.07, 6.45) is 0. The van der Waals surface area contributed by atoms with E-state index in [1.165, 1.54) is 77.9 Å². The first kappa shape index (κ1) is 37.0. The van der Waals surface area contributed by atoms with Crippen LogP contribution >= 0.6 is 0 Å². The molecule has 11 rings (SSSR count). The summed E-state index contributed by atoms with van der Waals surface area (Å²) in [5.74, 6) is 0. The molecule has 0 amide bonds. The van der Waals surface area contributed by atoms with Gasteiger partial charge >= 0.3 is 0 Å². The molecule has 0 aromatic heterocycles. The summed E-state index contributed by atoms with van der Waals surface area (Å²) in [4.78, 5) is 2.45. The second-order valence-corrected chi connectivity index (χ2v) is 16.1. The van der Waals surface area contributed by atoms with Crippen molar-refractivity contribution in [3.05, 3.63) is 283 Å². The summed E-state index contributed by atoms with van der Waals surface area (Å²) in [6, 6.07) is 95.3. The van der Waals surface area contributed by atoms with Crippen molar-refractivity contribution in [3.63, 3.8) is 0 Å². The van der Waals surface area contributed by atoms with Crippen LogP contribution in [0.2, 0.25) is 0 Å². The molecular weight excluding hydrogens is 747 g/mol. The van der Waals surface area contributed by atoms with Crippen LogP contribution in [-0.2, 0) is 5.41 Å². The molecule has 0 N–H and O–H groups in total. The van der Waals surface area contributed by atoms with E-state index >= 15 is 0 Å². The van der Waals surface area contributed by atoms with E-state index in [9.17, 15) is 0 Å². The molecule has 0 unspecified atom stereocenters. The lowest BCUT2D eigenvalue weighted by atomic mass is 9.67. The molecule has 10 aromatic rings. The molecule has 1 aliphatic rings. The lowest BCUT2D eigenvalue weighted by Gasteiger charge is -2.34. The van der Waals surface area contributed by atoms with Crippen LogP contribution in [0.4, 0.5) is 17.1 Å². The van der Waals surface area contributed by atoms with Gasteiger partial charge in [-0.1, -0.05) is 218 Å². The highest BCUT2D eigenvalue weighted by molar-refractivity contribution is 5.98. The first-order valence-corrected chi connectivity index (χ1v) is 21.4. The average molecular weight is 790 g/mol. The van der Waals surface area contributed by atoms with Gasteiger partial charge in [-0.05, 0) is 115 Å². The van der Waals surface area contributed by atoms with E-state index in [2.05, 4.69) is 266 Å². The van der Waals surface area contributed by atoms with E-state index < -0.39 is 5.41 Å². The first-order valence-electron chi connectivity index (χ1n) is 21.4. The Kier molecular flexibility index (Phi) is 9.48. The smallest absolute Gasteiger partial charge is 0.0714 e. The van der Waals surface area contributed by atoms with E-state index in [0.717, 1.165) is 17.1 Å². The van der Waals surface area contributed by atoms with Crippen molar-refractivity contribution in [2.75, 3.05) is 4.90 Å². The predicted molar refractivity (Wildman–Crippen MR) is 260 cm³/mol. The van der Waals surface area contributed by atoms with Crippen LogP contribution in [0.15, 0.2) is 261 Å². The molecule has 0 radical (unpaired) electrons. The van der Waals surface area contributed by atoms with Crippen LogP contribution in [0, 0.1) is 0 Å². The molecule has 0 fully saturated rings. The fraction of sp³-hybridized carbons (Fsp3) is 0.0164. The van der Waals surface area contributed by atoms with E-state index in [1.54, 1.807) is 0 Å². The molecule has 10 aromatic carbocycles. The van der Waals surface area contributed by atoms with Gasteiger partial charge in [0.1, 0.15) is 0 Å². The van der Waals surface area contributed by atoms with Crippen LogP contribution in [-0.4, -0.2) is 0 Å². The third-order valence-corrected chi connectivity index (χ3v) is 12.6. The molecule has 0 heterocycles. The minimum atomic E-state index is -0.587. The maximum Gasteiger partial charge on any atom is 0.0714 e. The summed E-state index contributed by atoms with van der Waals surface area (Å²) >= 11 is 0. The van der Waals surface area contributed by atoms with Gasteiger partial charge in [-0.2, -0.15) is 0 Å². The van der Waals surface area contributed by atoms with Crippen LogP contribution in [0.5, 0.6) is 0 Å². The van der Waals surface area contributed by atoms with Crippen LogP contribution < -0.4 is 4.90 Å². The Morgan fingerprint density at radius 1 is 0.258 bits per heavy atom. The molecule has 0 atom stereocenters. The van der Waals surface area contributed by atoms with Crippen LogP contribution in [0.25, 0.3) is 55.6 Å². The van der Waals surface area contributed by atoms with Gasteiger partial charge in [0, 0.05) is 16.9 Å². The molecule has 0 spiro atoms. The maximum atomic E-state index is 2.47. The minimum Gasteiger partial charge on any atom is -0.310 e. The molecule has 292 valence electrons. The Morgan fingerprint density at radius 3 is 1.13 bits per heavy atom. The van der Waals surface area contributed by atoms with Gasteiger partial charge in [0.2, 0.25) is 0 Å². The van der Waals surface area contributed by atoms with E-state index in [1.807, 2.05) is 0 Å². The number of anilines is 3. The van der Waals surface area contributed by atoms with E-state index in [0.29, 0.717) is 0 Å². The van der Waals surface area contributed by atoms with Gasteiger partial charge in [-0.3, -0.25) is 0 Å². The lowest BCUT2D eigenvalue weighted by Crippen LogP contribution is -2.28. The van der Waals surface area contributed by atoms with Gasteiger partial charge in [0.05, 0.1) is 11.1 Å². The second-order valence-electron chi connectivity index (χ2n) is 16.1. The Labute approximate surface area is 364 Å². The highest BCUT2D eigenvalue weighted by Crippen LogP contribution is 2.60. The summed E-state index contributed by atoms with van der Waals surface area (Å²) in [5.41, 5.74) is 19.8. The molecule has 1 nitrogen and oxygen atoms in total. The van der Waals surface area contributed by atoms with Crippen molar-refractivity contribution in [2.24, 2.45) is 0 Å². The zero-order chi connectivity index (χ0) is 41.3. The number of nitrogens with zero attached hydrogens (tertiary/aromatic N) is 1. The topological polar surface area (TPSA) is 3.24 Å². The Balaban J connectivity index is 1.16. The number of rotatable bonds is 9. The SMILES string of the molecule is c1ccc(-c2ccc(N(c3ccc(-c4ccccc4)cc3)c3cccc4c3-c3ccc(-c5cccc(-c6ccccc6)c5)cc3C4(c3ccccc3)c3ccccc3)cc2)cc1. The van der Waals surface area contributed by atoms with Crippen molar-refractivity contribution >= 4 is 17.1 Å². The standard InChI is InChI=1S/C61H43N/c1-6-18-44(19-7-1)47-32-37-54(38-33-47)62(55-39-34-48(35-40-55)45-20-8-2-9-21-45)59-31-17-30-57-60(59)56-41-36-51(50-25-16-24-49(42-50)46-22-10-3-11-23-46)43-58(56)61(57,52-26-12-4-13-27-52)53-28-14-5-15-29-53/h1-43H. The van der Waals surface area contributed by atoms with Crippen LogP contribution in [0.1, 0.15) is 22.3 Å². The average Bonchev–Trinajstić information content (AvgIpc) is 3.67. The zero-order valence-corrected chi connectivity index (χ0v) is 34.3. The van der Waals surface area contributed by atoms with E-state index in [-0.39, 0.29) is 0 Å². The third kappa shape index (κ3) is 6.43. The highest BCUT2D eigenvalue weighted by Gasteiger charge is 2.47. The quantitative estimate of drug-likeness (QED) is 0.141. The van der Waals surface area contributed by atoms with Crippen molar-refractivity contribution < 1.29 is 0 Å². The molecule has 0 aliphatic heterocycles. The van der Waals surface area contributed by atoms with Gasteiger partial charge < -0.3 is 4.90 Å². The summed E-state index contributed by atoms with van der Waals surface area (Å²) < 4.78 is 0. The van der Waals surface area contributed by atoms with Gasteiger partial charge in [0.15, 0.2) is 0 Å². The normalized spacial score (nSPS) is 12.3. The van der Waals surface area contributed by atoms with Gasteiger partial charge in [-0.25, -0.2) is 0 Å². The number of hydrogen-bond donors (Lipinski definition) is 0. The monoisotopic (exact) mass is 789 g/mol. The fourth-order valence-electron chi connectivity index (χ4n) is 9.69. The summed E-state index contributed by atoms with van der Waals surface area (Å²) in [5, 5.41) is 0. The van der Waals surface area contributed by atoms with Gasteiger partial charge in [0.25, 0.3) is 0 Å². The molecule has 62 heavy (non-hydrogen) atoms. The molecule has 0 saturated carbocycles. The largest absolute Gasteiger partial charge is 0.310 e. The first-order chi connectivity index (χ1) is 30.8. The van der Waals surface area contributed by atoms with Crippen molar-refractivity contribution in [3.8, 4) is 55.6 Å². The van der Waals surface area contributed by atoms with Crippen molar-refractivity contribution in [1.82, 2.24) is 0 Å². The van der Waals surface area contributed by atoms with Crippen LogP contribution in [0.3, 0.4) is 0 Å². The molecule has 0 saturated heterocycles. The van der Waals surface area contributed by atoms with Crippen molar-refractivity contribution in [2.45, 2.75) is 5.41 Å². The molecular formula is C61H43N. The molecule has 0 bridgehead atoms. The third-order valence-electron chi connectivity index (χ3n) is 12.6. The van der Waals surface area contributed by atoms with E-state index in [4.69, 9.17) is 0 Å². The molecule has 1 aliphatic carbocycles. The lowest BCUT2D eigenvalue weighted by molar-refractivity contribution is 0.769. The Hall–Kier alpha value is -8.00. The fourth-order valence-corrected chi connectivity index (χ4v) is 9.69. The Bertz CT molecular complexity index is 3000. The Morgan fingerprint density at radius 2 is 0.629 bits per heavy atom. The number of fused-ring (bicyclic) bond motifs is 3. The predicted octanol–water partition coefficient (Wildman–Crippen LogP) is 16.2. The zero-order valence-electron chi connectivity index (χ0n) is 34.3. The molecule has 1 heteroatoms. The number of benzene rings is 10. The second kappa shape index (κ2) is 15.9. The summed E-state index contributed by atoms with van der Waals surface area (Å²) in [7, 11) is 0. The number of hydrogen-bond acceptors (Lipinski definition) is 1. The van der Waals surface area contributed by atoms with Gasteiger partial charge in [-0.15, -0.1) is 0 Å². The van der Waals surface area contributed by atoms with Crippen molar-refractivity contribution in [1.29, 1.82) is 0 Å².